The van der Waals surface area contributed by atoms with Gasteiger partial charge in [-0.25, -0.2) is 0 Å². The van der Waals surface area contributed by atoms with Gasteiger partial charge in [0.2, 0.25) is 11.9 Å². The third-order valence-corrected chi connectivity index (χ3v) is 10.3. The number of fused-ring (bicyclic) bond motifs is 8. The monoisotopic (exact) mass is 605 g/mol. The molecule has 5 nitrogen and oxygen atoms in total. The predicted octanol–water partition coefficient (Wildman–Crippen LogP) is 10.1. The van der Waals surface area contributed by atoms with E-state index >= 15 is 0 Å². The van der Waals surface area contributed by atoms with Crippen LogP contribution in [0.3, 0.4) is 0 Å². The van der Waals surface area contributed by atoms with Crippen LogP contribution in [-0.4, -0.2) is 24.1 Å². The standard InChI is InChI=1S/C42H31N5/c1-42(2)33-20-10-6-16-27(33)31-24-32-30-19-9-13-23-37(30)47(38(32)25-34(31)42)41-44-39(26-14-4-3-5-15-26)43-40(45-41)46-35-21-11-7-17-28(35)29-18-8-12-22-36(29)46/h3-9,11-19,21-25H,10,20H2,1-2H3. The largest absolute Gasteiger partial charge is 0.278 e. The molecular weight excluding hydrogens is 574 g/mol. The fourth-order valence-corrected chi connectivity index (χ4v) is 8.11. The molecule has 0 N–H and O–H groups in total. The Balaban J connectivity index is 1.31. The van der Waals surface area contributed by atoms with Crippen LogP contribution in [0.15, 0.2) is 133 Å². The lowest BCUT2D eigenvalue weighted by atomic mass is 9.78. The van der Waals surface area contributed by atoms with Crippen molar-refractivity contribution in [3.8, 4) is 23.3 Å². The summed E-state index contributed by atoms with van der Waals surface area (Å²) in [5.74, 6) is 1.85. The van der Waals surface area contributed by atoms with Crippen LogP contribution in [0.25, 0.3) is 72.5 Å². The van der Waals surface area contributed by atoms with Gasteiger partial charge >= 0.3 is 0 Å². The van der Waals surface area contributed by atoms with Crippen molar-refractivity contribution in [1.29, 1.82) is 0 Å². The zero-order valence-corrected chi connectivity index (χ0v) is 26.3. The average molecular weight is 606 g/mol. The minimum atomic E-state index is -0.0483. The van der Waals surface area contributed by atoms with Crippen LogP contribution in [0.4, 0.5) is 0 Å². The van der Waals surface area contributed by atoms with E-state index in [0.717, 1.165) is 40.5 Å². The Hall–Kier alpha value is -5.81. The molecule has 224 valence electrons. The summed E-state index contributed by atoms with van der Waals surface area (Å²) in [4.78, 5) is 15.7. The van der Waals surface area contributed by atoms with Crippen LogP contribution in [0.1, 0.15) is 37.8 Å². The van der Waals surface area contributed by atoms with Crippen molar-refractivity contribution >= 4 is 49.2 Å². The van der Waals surface area contributed by atoms with Gasteiger partial charge in [0.1, 0.15) is 0 Å². The van der Waals surface area contributed by atoms with E-state index in [0.29, 0.717) is 17.7 Å². The molecule has 0 amide bonds. The molecule has 0 bridgehead atoms. The number of nitrogens with zero attached hydrogens (tertiary/aromatic N) is 5. The van der Waals surface area contributed by atoms with Crippen LogP contribution in [0.5, 0.6) is 0 Å². The van der Waals surface area contributed by atoms with Crippen molar-refractivity contribution in [2.75, 3.05) is 0 Å². The summed E-state index contributed by atoms with van der Waals surface area (Å²) in [7, 11) is 0. The average Bonchev–Trinajstić information content (AvgIpc) is 3.71. The molecule has 47 heavy (non-hydrogen) atoms. The van der Waals surface area contributed by atoms with Crippen molar-refractivity contribution in [3.63, 3.8) is 0 Å². The summed E-state index contributed by atoms with van der Waals surface area (Å²) >= 11 is 0. The Kier molecular flexibility index (Phi) is 5.39. The summed E-state index contributed by atoms with van der Waals surface area (Å²) in [5, 5.41) is 4.75. The second-order valence-corrected chi connectivity index (χ2v) is 13.2. The van der Waals surface area contributed by atoms with E-state index in [9.17, 15) is 0 Å². The maximum Gasteiger partial charge on any atom is 0.240 e. The SMILES string of the molecule is CC1(C)C2=C(C=CCC2)c2cc3c4ccccc4n(-c4nc(-c5ccccc5)nc(-n5c6ccccc6c6ccccc65)n4)c3cc21. The van der Waals surface area contributed by atoms with E-state index in [1.807, 2.05) is 18.2 Å². The highest BCUT2D eigenvalue weighted by atomic mass is 15.3. The van der Waals surface area contributed by atoms with Crippen molar-refractivity contribution in [3.05, 3.63) is 144 Å². The molecule has 0 unspecified atom stereocenters. The minimum Gasteiger partial charge on any atom is -0.278 e. The van der Waals surface area contributed by atoms with Crippen molar-refractivity contribution in [1.82, 2.24) is 24.1 Å². The first kappa shape index (κ1) is 26.4. The van der Waals surface area contributed by atoms with E-state index < -0.39 is 0 Å². The van der Waals surface area contributed by atoms with Crippen LogP contribution in [-0.2, 0) is 5.41 Å². The molecule has 8 aromatic rings. The second-order valence-electron chi connectivity index (χ2n) is 13.2. The zero-order chi connectivity index (χ0) is 31.3. The molecule has 2 aliphatic rings. The number of para-hydroxylation sites is 3. The Morgan fingerprint density at radius 2 is 1.13 bits per heavy atom. The van der Waals surface area contributed by atoms with Gasteiger partial charge in [0.05, 0.1) is 22.1 Å². The summed E-state index contributed by atoms with van der Waals surface area (Å²) in [6.07, 6.45) is 6.87. The first-order valence-corrected chi connectivity index (χ1v) is 16.4. The van der Waals surface area contributed by atoms with E-state index in [1.165, 1.54) is 38.2 Å². The summed E-state index contributed by atoms with van der Waals surface area (Å²) in [6.45, 7) is 4.76. The minimum absolute atomic E-state index is 0.0483. The van der Waals surface area contributed by atoms with Crippen LogP contribution < -0.4 is 0 Å². The molecule has 10 rings (SSSR count). The Morgan fingerprint density at radius 3 is 1.77 bits per heavy atom. The van der Waals surface area contributed by atoms with Gasteiger partial charge in [-0.1, -0.05) is 117 Å². The first-order valence-electron chi connectivity index (χ1n) is 16.4. The van der Waals surface area contributed by atoms with Gasteiger partial charge in [-0.15, -0.1) is 0 Å². The summed E-state index contributed by atoms with van der Waals surface area (Å²) in [6, 6.07) is 40.7. The molecule has 0 atom stereocenters. The Morgan fingerprint density at radius 1 is 0.574 bits per heavy atom. The molecule has 0 aliphatic heterocycles. The smallest absolute Gasteiger partial charge is 0.240 e. The molecule has 5 aromatic carbocycles. The van der Waals surface area contributed by atoms with Gasteiger partial charge in [0, 0.05) is 32.5 Å². The molecule has 0 saturated heterocycles. The molecular formula is C42H31N5. The van der Waals surface area contributed by atoms with E-state index in [-0.39, 0.29) is 5.41 Å². The molecule has 3 heterocycles. The Bertz CT molecular complexity index is 2600. The first-order chi connectivity index (χ1) is 23.1. The van der Waals surface area contributed by atoms with Crippen molar-refractivity contribution in [2.24, 2.45) is 0 Å². The number of hydrogen-bond acceptors (Lipinski definition) is 3. The number of hydrogen-bond donors (Lipinski definition) is 0. The van der Waals surface area contributed by atoms with E-state index in [1.54, 1.807) is 5.57 Å². The topological polar surface area (TPSA) is 48.5 Å². The highest BCUT2D eigenvalue weighted by molar-refractivity contribution is 6.11. The highest BCUT2D eigenvalue weighted by Gasteiger charge is 2.38. The number of rotatable bonds is 3. The van der Waals surface area contributed by atoms with Gasteiger partial charge in [0.15, 0.2) is 5.82 Å². The van der Waals surface area contributed by atoms with E-state index in [4.69, 9.17) is 15.0 Å². The number of benzene rings is 5. The molecule has 0 radical (unpaired) electrons. The van der Waals surface area contributed by atoms with Crippen molar-refractivity contribution in [2.45, 2.75) is 32.1 Å². The van der Waals surface area contributed by atoms with Gasteiger partial charge in [0.25, 0.3) is 0 Å². The fourth-order valence-electron chi connectivity index (χ4n) is 8.11. The molecule has 2 aliphatic carbocycles. The van der Waals surface area contributed by atoms with Crippen LogP contribution >= 0.6 is 0 Å². The lowest BCUT2D eigenvalue weighted by Crippen LogP contribution is -2.18. The van der Waals surface area contributed by atoms with Gasteiger partial charge in [-0.3, -0.25) is 9.13 Å². The number of aromatic nitrogens is 5. The summed E-state index contributed by atoms with van der Waals surface area (Å²) < 4.78 is 4.43. The lowest BCUT2D eigenvalue weighted by molar-refractivity contribution is 0.608. The molecule has 0 spiro atoms. The number of allylic oxidation sites excluding steroid dienone is 4. The third kappa shape index (κ3) is 3.68. The second kappa shape index (κ2) is 9.60. The van der Waals surface area contributed by atoms with Crippen LogP contribution in [0, 0.1) is 0 Å². The van der Waals surface area contributed by atoms with E-state index in [2.05, 4.69) is 132 Å². The van der Waals surface area contributed by atoms with Gasteiger partial charge in [-0.2, -0.15) is 15.0 Å². The molecule has 3 aromatic heterocycles. The van der Waals surface area contributed by atoms with Crippen LogP contribution in [0.2, 0.25) is 0 Å². The maximum absolute atomic E-state index is 5.33. The lowest BCUT2D eigenvalue weighted by Gasteiger charge is -2.25. The Labute approximate surface area is 272 Å². The molecule has 5 heteroatoms. The maximum atomic E-state index is 5.33. The quantitative estimate of drug-likeness (QED) is 0.201. The predicted molar refractivity (Wildman–Crippen MR) is 192 cm³/mol. The fraction of sp³-hybridized carbons (Fsp3) is 0.119. The molecule has 0 fully saturated rings. The normalized spacial score (nSPS) is 15.3. The summed E-state index contributed by atoms with van der Waals surface area (Å²) in [5.41, 5.74) is 10.9. The van der Waals surface area contributed by atoms with Gasteiger partial charge < -0.3 is 0 Å². The van der Waals surface area contributed by atoms with Crippen molar-refractivity contribution < 1.29 is 0 Å². The third-order valence-electron chi connectivity index (χ3n) is 10.3. The van der Waals surface area contributed by atoms with Gasteiger partial charge in [-0.05, 0) is 59.9 Å². The molecule has 0 saturated carbocycles. The zero-order valence-electron chi connectivity index (χ0n) is 26.3. The highest BCUT2D eigenvalue weighted by Crippen LogP contribution is 2.52.